The van der Waals surface area contributed by atoms with Gasteiger partial charge >= 0.3 is 0 Å². The molecule has 1 fully saturated rings. The number of hydrogen-bond donors (Lipinski definition) is 0. The highest BCUT2D eigenvalue weighted by molar-refractivity contribution is 8.00. The third-order valence-corrected chi connectivity index (χ3v) is 4.27. The molecule has 0 aliphatic carbocycles. The van der Waals surface area contributed by atoms with Crippen LogP contribution in [0.4, 0.5) is 0 Å². The lowest BCUT2D eigenvalue weighted by atomic mass is 10.1. The monoisotopic (exact) mass is 239 g/mol. The molecule has 0 radical (unpaired) electrons. The molecule has 4 nitrogen and oxygen atoms in total. The number of rotatable bonds is 1. The summed E-state index contributed by atoms with van der Waals surface area (Å²) < 4.78 is 1.77. The van der Waals surface area contributed by atoms with Crippen molar-refractivity contribution in [2.24, 2.45) is 7.05 Å². The van der Waals surface area contributed by atoms with Crippen LogP contribution in [0.25, 0.3) is 0 Å². The van der Waals surface area contributed by atoms with Gasteiger partial charge in [0.1, 0.15) is 0 Å². The second-order valence-corrected chi connectivity index (χ2v) is 5.56. The Morgan fingerprint density at radius 1 is 1.50 bits per heavy atom. The Hall–Kier alpha value is -0.970. The van der Waals surface area contributed by atoms with Gasteiger partial charge in [-0.2, -0.15) is 5.10 Å². The number of thioether (sulfide) groups is 1. The fraction of sp³-hybridized carbons (Fsp3) is 0.636. The maximum Gasteiger partial charge on any atom is 0.258 e. The molecule has 1 amide bonds. The number of nitrogens with zero attached hydrogens (tertiary/aromatic N) is 3. The Bertz CT molecular complexity index is 427. The molecular weight excluding hydrogens is 222 g/mol. The fourth-order valence-electron chi connectivity index (χ4n) is 2.09. The molecule has 88 valence electrons. The van der Waals surface area contributed by atoms with E-state index in [2.05, 4.69) is 12.0 Å². The van der Waals surface area contributed by atoms with Gasteiger partial charge in [0, 0.05) is 25.0 Å². The first-order valence-corrected chi connectivity index (χ1v) is 6.50. The lowest BCUT2D eigenvalue weighted by Crippen LogP contribution is -2.33. The van der Waals surface area contributed by atoms with Gasteiger partial charge in [0.15, 0.2) is 0 Å². The number of carbonyl (C=O) groups excluding carboxylic acids is 1. The molecule has 2 rings (SSSR count). The molecular formula is C11H17N3OS. The van der Waals surface area contributed by atoms with Gasteiger partial charge < -0.3 is 4.90 Å². The first kappa shape index (κ1) is 11.5. The zero-order valence-electron chi connectivity index (χ0n) is 10.1. The predicted molar refractivity (Wildman–Crippen MR) is 65.6 cm³/mol. The molecule has 0 bridgehead atoms. The van der Waals surface area contributed by atoms with Crippen LogP contribution in [-0.4, -0.2) is 38.3 Å². The third-order valence-electron chi connectivity index (χ3n) is 3.11. The van der Waals surface area contributed by atoms with Crippen molar-refractivity contribution in [3.63, 3.8) is 0 Å². The highest BCUT2D eigenvalue weighted by Crippen LogP contribution is 2.26. The van der Waals surface area contributed by atoms with Gasteiger partial charge in [-0.3, -0.25) is 9.48 Å². The number of carbonyl (C=O) groups is 1. The van der Waals surface area contributed by atoms with Crippen LogP contribution in [0.3, 0.4) is 0 Å². The van der Waals surface area contributed by atoms with Crippen LogP contribution in [-0.2, 0) is 7.05 Å². The number of aryl methyl sites for hydroxylation is 2. The molecule has 1 unspecified atom stereocenters. The fourth-order valence-corrected chi connectivity index (χ4v) is 3.11. The van der Waals surface area contributed by atoms with Gasteiger partial charge in [-0.05, 0) is 20.8 Å². The molecule has 1 saturated heterocycles. The molecule has 0 spiro atoms. The first-order chi connectivity index (χ1) is 7.52. The summed E-state index contributed by atoms with van der Waals surface area (Å²) in [7, 11) is 1.88. The molecule has 1 aliphatic rings. The molecule has 1 atom stereocenters. The highest BCUT2D eigenvalue weighted by Gasteiger charge is 2.29. The van der Waals surface area contributed by atoms with Crippen molar-refractivity contribution in [1.29, 1.82) is 0 Å². The van der Waals surface area contributed by atoms with Crippen LogP contribution in [0.1, 0.15) is 28.7 Å². The van der Waals surface area contributed by atoms with Crippen molar-refractivity contribution in [3.05, 3.63) is 17.0 Å². The van der Waals surface area contributed by atoms with E-state index in [1.54, 1.807) is 4.68 Å². The summed E-state index contributed by atoms with van der Waals surface area (Å²) in [6.07, 6.45) is 0. The lowest BCUT2D eigenvalue weighted by molar-refractivity contribution is 0.0767. The van der Waals surface area contributed by atoms with Gasteiger partial charge in [0.05, 0.1) is 16.6 Å². The first-order valence-electron chi connectivity index (χ1n) is 5.45. The maximum absolute atomic E-state index is 12.4. The van der Waals surface area contributed by atoms with Gasteiger partial charge in [-0.25, -0.2) is 0 Å². The quantitative estimate of drug-likeness (QED) is 0.746. The zero-order valence-corrected chi connectivity index (χ0v) is 11.0. The summed E-state index contributed by atoms with van der Waals surface area (Å²) in [4.78, 5) is 14.3. The average molecular weight is 239 g/mol. The van der Waals surface area contributed by atoms with Gasteiger partial charge in [-0.1, -0.05) is 0 Å². The van der Waals surface area contributed by atoms with Crippen molar-refractivity contribution in [1.82, 2.24) is 14.7 Å². The molecule has 1 aliphatic heterocycles. The summed E-state index contributed by atoms with van der Waals surface area (Å²) in [5.74, 6) is 1.16. The van der Waals surface area contributed by atoms with E-state index < -0.39 is 0 Å². The molecule has 5 heteroatoms. The van der Waals surface area contributed by atoms with E-state index >= 15 is 0 Å². The van der Waals surface area contributed by atoms with Crippen molar-refractivity contribution in [2.75, 3.05) is 12.3 Å². The molecule has 1 aromatic rings. The van der Waals surface area contributed by atoms with Crippen LogP contribution in [0, 0.1) is 13.8 Å². The predicted octanol–water partition coefficient (Wildman–Crippen LogP) is 1.57. The molecule has 16 heavy (non-hydrogen) atoms. The minimum atomic E-state index is 0.126. The summed E-state index contributed by atoms with van der Waals surface area (Å²) in [6, 6.07) is 0. The van der Waals surface area contributed by atoms with Crippen molar-refractivity contribution in [2.45, 2.75) is 26.1 Å². The smallest absolute Gasteiger partial charge is 0.258 e. The number of amides is 1. The lowest BCUT2D eigenvalue weighted by Gasteiger charge is -2.20. The molecule has 0 aromatic carbocycles. The Balaban J connectivity index is 2.33. The van der Waals surface area contributed by atoms with Gasteiger partial charge in [-0.15, -0.1) is 11.8 Å². The van der Waals surface area contributed by atoms with E-state index in [-0.39, 0.29) is 11.3 Å². The Morgan fingerprint density at radius 3 is 2.62 bits per heavy atom. The van der Waals surface area contributed by atoms with Crippen molar-refractivity contribution >= 4 is 17.7 Å². The Morgan fingerprint density at radius 2 is 2.19 bits per heavy atom. The highest BCUT2D eigenvalue weighted by atomic mass is 32.2. The van der Waals surface area contributed by atoms with Gasteiger partial charge in [0.25, 0.3) is 5.91 Å². The van der Waals surface area contributed by atoms with Crippen molar-refractivity contribution < 1.29 is 4.79 Å². The maximum atomic E-state index is 12.4. The van der Waals surface area contributed by atoms with E-state index in [4.69, 9.17) is 0 Å². The standard InChI is InChI=1S/C11H17N3OS/c1-7-10(8(2)13(4)12-7)11(15)14-5-6-16-9(14)3/h9H,5-6H2,1-4H3. The van der Waals surface area contributed by atoms with Crippen molar-refractivity contribution in [3.8, 4) is 0 Å². The largest absolute Gasteiger partial charge is 0.326 e. The SMILES string of the molecule is Cc1nn(C)c(C)c1C(=O)N1CCSC1C. The van der Waals surface area contributed by atoms with Crippen LogP contribution in [0.15, 0.2) is 0 Å². The van der Waals surface area contributed by atoms with E-state index in [0.717, 1.165) is 29.2 Å². The van der Waals surface area contributed by atoms with Crippen LogP contribution < -0.4 is 0 Å². The minimum Gasteiger partial charge on any atom is -0.326 e. The number of aromatic nitrogens is 2. The third kappa shape index (κ3) is 1.73. The summed E-state index contributed by atoms with van der Waals surface area (Å²) in [5.41, 5.74) is 2.55. The summed E-state index contributed by atoms with van der Waals surface area (Å²) in [5, 5.41) is 4.57. The van der Waals surface area contributed by atoms with E-state index in [1.165, 1.54) is 0 Å². The normalized spacial score (nSPS) is 20.5. The Kier molecular flexibility index (Phi) is 2.97. The molecule has 0 N–H and O–H groups in total. The van der Waals surface area contributed by atoms with Crippen LogP contribution in [0.2, 0.25) is 0 Å². The number of hydrogen-bond acceptors (Lipinski definition) is 3. The van der Waals surface area contributed by atoms with E-state index in [0.29, 0.717) is 0 Å². The average Bonchev–Trinajstić information content (AvgIpc) is 2.73. The molecule has 0 saturated carbocycles. The molecule has 2 heterocycles. The van der Waals surface area contributed by atoms with E-state index in [9.17, 15) is 4.79 Å². The minimum absolute atomic E-state index is 0.126. The second-order valence-electron chi connectivity index (χ2n) is 4.14. The Labute approximate surface area is 100.0 Å². The summed E-state index contributed by atoms with van der Waals surface area (Å²) >= 11 is 1.82. The van der Waals surface area contributed by atoms with Gasteiger partial charge in [0.2, 0.25) is 0 Å². The summed E-state index contributed by atoms with van der Waals surface area (Å²) in [6.45, 7) is 6.77. The molecule has 1 aromatic heterocycles. The van der Waals surface area contributed by atoms with Crippen LogP contribution >= 0.6 is 11.8 Å². The zero-order chi connectivity index (χ0) is 11.9. The van der Waals surface area contributed by atoms with E-state index in [1.807, 2.05) is 37.6 Å². The topological polar surface area (TPSA) is 38.1 Å². The second kappa shape index (κ2) is 4.13. The van der Waals surface area contributed by atoms with Crippen LogP contribution in [0.5, 0.6) is 0 Å².